The molecule has 0 aliphatic rings. The summed E-state index contributed by atoms with van der Waals surface area (Å²) in [4.78, 5) is 18.8. The van der Waals surface area contributed by atoms with Gasteiger partial charge in [0, 0.05) is 44.6 Å². The minimum absolute atomic E-state index is 0.0621. The van der Waals surface area contributed by atoms with E-state index >= 15 is 0 Å². The summed E-state index contributed by atoms with van der Waals surface area (Å²) in [5.74, 6) is 0.742. The van der Waals surface area contributed by atoms with E-state index in [0.717, 1.165) is 28.8 Å². The summed E-state index contributed by atoms with van der Waals surface area (Å²) in [7, 11) is 3.97. The van der Waals surface area contributed by atoms with Crippen molar-refractivity contribution < 1.29 is 4.79 Å². The summed E-state index contributed by atoms with van der Waals surface area (Å²) in [5.41, 5.74) is 2.75. The monoisotopic (exact) mass is 389 g/mol. The Morgan fingerprint density at radius 1 is 1.22 bits per heavy atom. The fraction of sp³-hybridized carbons (Fsp3) is 0.400. The molecule has 1 amide bonds. The fourth-order valence-electron chi connectivity index (χ4n) is 2.75. The summed E-state index contributed by atoms with van der Waals surface area (Å²) in [6.07, 6.45) is 1.89. The Morgan fingerprint density at radius 3 is 2.59 bits per heavy atom. The molecule has 146 valence electrons. The van der Waals surface area contributed by atoms with E-state index in [1.54, 1.807) is 0 Å². The molecule has 0 saturated heterocycles. The van der Waals surface area contributed by atoms with E-state index in [1.807, 2.05) is 69.0 Å². The first-order valence-corrected chi connectivity index (χ1v) is 9.49. The number of aryl methyl sites for hydroxylation is 1. The summed E-state index contributed by atoms with van der Waals surface area (Å²) in [5, 5.41) is 6.86. The summed E-state index contributed by atoms with van der Waals surface area (Å²) in [6, 6.07) is 9.52. The molecule has 0 saturated carbocycles. The number of amides is 1. The van der Waals surface area contributed by atoms with E-state index in [4.69, 9.17) is 16.6 Å². The van der Waals surface area contributed by atoms with Gasteiger partial charge >= 0.3 is 0 Å². The molecular weight excluding hydrogens is 362 g/mol. The third-order valence-corrected chi connectivity index (χ3v) is 4.31. The van der Waals surface area contributed by atoms with E-state index in [-0.39, 0.29) is 5.91 Å². The Labute approximate surface area is 166 Å². The van der Waals surface area contributed by atoms with E-state index in [2.05, 4.69) is 15.5 Å². The molecule has 7 heteroatoms. The molecule has 1 aromatic heterocycles. The van der Waals surface area contributed by atoms with Crippen molar-refractivity contribution in [2.45, 2.75) is 26.9 Å². The molecular formula is C20H28ClN5O. The van der Waals surface area contributed by atoms with Gasteiger partial charge in [0.25, 0.3) is 5.91 Å². The number of nitrogens with one attached hydrogen (secondary N) is 2. The minimum Gasteiger partial charge on any atom is -0.357 e. The van der Waals surface area contributed by atoms with Gasteiger partial charge in [0.15, 0.2) is 5.96 Å². The van der Waals surface area contributed by atoms with E-state index in [0.29, 0.717) is 25.2 Å². The molecule has 6 nitrogen and oxygen atoms in total. The highest BCUT2D eigenvalue weighted by atomic mass is 35.5. The van der Waals surface area contributed by atoms with Gasteiger partial charge in [-0.15, -0.1) is 0 Å². The Morgan fingerprint density at radius 2 is 1.96 bits per heavy atom. The number of halogens is 1. The zero-order chi connectivity index (χ0) is 19.8. The van der Waals surface area contributed by atoms with E-state index in [1.165, 1.54) is 0 Å². The van der Waals surface area contributed by atoms with Gasteiger partial charge in [0.2, 0.25) is 0 Å². The number of guanidine groups is 1. The van der Waals surface area contributed by atoms with Gasteiger partial charge in [-0.25, -0.2) is 4.99 Å². The van der Waals surface area contributed by atoms with Crippen molar-refractivity contribution in [3.8, 4) is 0 Å². The number of hydrogen-bond donors (Lipinski definition) is 2. The van der Waals surface area contributed by atoms with Crippen LogP contribution in [-0.2, 0) is 20.1 Å². The molecule has 0 fully saturated rings. The number of hydrogen-bond acceptors (Lipinski definition) is 2. The Kier molecular flexibility index (Phi) is 7.73. The molecule has 0 spiro atoms. The number of benzene rings is 1. The van der Waals surface area contributed by atoms with Gasteiger partial charge in [-0.2, -0.15) is 0 Å². The van der Waals surface area contributed by atoms with Crippen LogP contribution in [0.1, 0.15) is 35.5 Å². The number of carbonyl (C=O) groups is 1. The average Bonchev–Trinajstić information content (AvgIpc) is 2.96. The van der Waals surface area contributed by atoms with Crippen LogP contribution in [0.25, 0.3) is 0 Å². The lowest BCUT2D eigenvalue weighted by atomic mass is 10.1. The standard InChI is InChI=1S/C20H28ClN5O/c1-5-22-19(27)16-9-7-8-15(10-16)12-24-20(23-6-2)26(4)14-18-11-17(21)13-25(18)3/h7-11,13H,5-6,12,14H2,1-4H3,(H,22,27)(H,23,24). The molecule has 0 unspecified atom stereocenters. The lowest BCUT2D eigenvalue weighted by Gasteiger charge is -2.22. The third kappa shape index (κ3) is 6.03. The van der Waals surface area contributed by atoms with Crippen molar-refractivity contribution >= 4 is 23.5 Å². The van der Waals surface area contributed by atoms with Crippen LogP contribution >= 0.6 is 11.6 Å². The predicted octanol–water partition coefficient (Wildman–Crippen LogP) is 3.03. The normalized spacial score (nSPS) is 11.4. The zero-order valence-corrected chi connectivity index (χ0v) is 17.2. The lowest BCUT2D eigenvalue weighted by Crippen LogP contribution is -2.38. The number of rotatable bonds is 7. The molecule has 0 atom stereocenters. The van der Waals surface area contributed by atoms with E-state index in [9.17, 15) is 4.79 Å². The second-order valence-corrected chi connectivity index (χ2v) is 6.78. The Bertz CT molecular complexity index is 799. The van der Waals surface area contributed by atoms with Crippen LogP contribution in [0.2, 0.25) is 5.02 Å². The SMILES string of the molecule is CCNC(=O)c1cccc(CN=C(NCC)N(C)Cc2cc(Cl)cn2C)c1. The smallest absolute Gasteiger partial charge is 0.251 e. The first kappa shape index (κ1) is 20.8. The van der Waals surface area contributed by atoms with Crippen LogP contribution < -0.4 is 10.6 Å². The molecule has 2 rings (SSSR count). The third-order valence-electron chi connectivity index (χ3n) is 4.11. The maximum atomic E-state index is 12.0. The van der Waals surface area contributed by atoms with Gasteiger partial charge in [-0.1, -0.05) is 23.7 Å². The largest absolute Gasteiger partial charge is 0.357 e. The Balaban J connectivity index is 2.11. The highest BCUT2D eigenvalue weighted by Crippen LogP contribution is 2.14. The maximum Gasteiger partial charge on any atom is 0.251 e. The quantitative estimate of drug-likeness (QED) is 0.565. The molecule has 0 aliphatic heterocycles. The van der Waals surface area contributed by atoms with Crippen LogP contribution in [-0.4, -0.2) is 41.5 Å². The molecule has 0 aliphatic carbocycles. The molecule has 1 heterocycles. The maximum absolute atomic E-state index is 12.0. The number of aromatic nitrogens is 1. The number of carbonyl (C=O) groups excluding carboxylic acids is 1. The van der Waals surface area contributed by atoms with Gasteiger partial charge in [0.05, 0.1) is 18.1 Å². The number of aliphatic imine (C=N–C) groups is 1. The van der Waals surface area contributed by atoms with Gasteiger partial charge in [0.1, 0.15) is 0 Å². The van der Waals surface area contributed by atoms with Crippen molar-refractivity contribution in [3.63, 3.8) is 0 Å². The van der Waals surface area contributed by atoms with Crippen molar-refractivity contribution in [3.05, 3.63) is 58.4 Å². The number of nitrogens with zero attached hydrogens (tertiary/aromatic N) is 3. The van der Waals surface area contributed by atoms with E-state index < -0.39 is 0 Å². The zero-order valence-electron chi connectivity index (χ0n) is 16.4. The second kappa shape index (κ2) is 10.0. The van der Waals surface area contributed by atoms with Crippen molar-refractivity contribution in [2.75, 3.05) is 20.1 Å². The summed E-state index contributed by atoms with van der Waals surface area (Å²) >= 11 is 6.08. The molecule has 1 aromatic carbocycles. The first-order valence-electron chi connectivity index (χ1n) is 9.11. The van der Waals surface area contributed by atoms with Crippen LogP contribution in [0.4, 0.5) is 0 Å². The lowest BCUT2D eigenvalue weighted by molar-refractivity contribution is 0.0955. The topological polar surface area (TPSA) is 61.7 Å². The molecule has 0 bridgehead atoms. The van der Waals surface area contributed by atoms with Crippen molar-refractivity contribution in [1.82, 2.24) is 20.1 Å². The summed E-state index contributed by atoms with van der Waals surface area (Å²) in [6.45, 7) is 6.51. The molecule has 2 aromatic rings. The first-order chi connectivity index (χ1) is 12.9. The van der Waals surface area contributed by atoms with Crippen molar-refractivity contribution in [1.29, 1.82) is 0 Å². The average molecular weight is 390 g/mol. The van der Waals surface area contributed by atoms with Gasteiger partial charge in [-0.05, 0) is 37.6 Å². The highest BCUT2D eigenvalue weighted by Gasteiger charge is 2.10. The highest BCUT2D eigenvalue weighted by molar-refractivity contribution is 6.30. The van der Waals surface area contributed by atoms with Crippen LogP contribution in [0.15, 0.2) is 41.5 Å². The predicted molar refractivity (Wildman–Crippen MR) is 111 cm³/mol. The fourth-order valence-corrected chi connectivity index (χ4v) is 3.02. The van der Waals surface area contributed by atoms with Crippen LogP contribution in [0, 0.1) is 0 Å². The Hall–Kier alpha value is -2.47. The second-order valence-electron chi connectivity index (χ2n) is 6.35. The molecule has 2 N–H and O–H groups in total. The van der Waals surface area contributed by atoms with Crippen molar-refractivity contribution in [2.24, 2.45) is 12.0 Å². The van der Waals surface area contributed by atoms with Gasteiger partial charge in [-0.3, -0.25) is 4.79 Å². The summed E-state index contributed by atoms with van der Waals surface area (Å²) < 4.78 is 2.01. The van der Waals surface area contributed by atoms with Crippen LogP contribution in [0.5, 0.6) is 0 Å². The molecule has 0 radical (unpaired) electrons. The molecule has 27 heavy (non-hydrogen) atoms. The van der Waals surface area contributed by atoms with Gasteiger partial charge < -0.3 is 20.1 Å². The van der Waals surface area contributed by atoms with Crippen LogP contribution in [0.3, 0.4) is 0 Å². The minimum atomic E-state index is -0.0621.